The van der Waals surface area contributed by atoms with Crippen LogP contribution in [0.4, 0.5) is 0 Å². The molecule has 114 valence electrons. The van der Waals surface area contributed by atoms with Crippen molar-refractivity contribution in [3.05, 3.63) is 34.9 Å². The van der Waals surface area contributed by atoms with E-state index in [0.29, 0.717) is 6.04 Å². The average Bonchev–Trinajstić information content (AvgIpc) is 2.96. The molecule has 0 bridgehead atoms. The van der Waals surface area contributed by atoms with Crippen LogP contribution in [0.5, 0.6) is 0 Å². The van der Waals surface area contributed by atoms with Crippen LogP contribution < -0.4 is 10.6 Å². The van der Waals surface area contributed by atoms with E-state index in [1.54, 1.807) is 0 Å². The summed E-state index contributed by atoms with van der Waals surface area (Å²) in [5, 5.41) is 6.66. The zero-order chi connectivity index (χ0) is 14.7. The van der Waals surface area contributed by atoms with Crippen LogP contribution in [0.15, 0.2) is 18.2 Å². The zero-order valence-electron chi connectivity index (χ0n) is 13.0. The maximum absolute atomic E-state index is 12.2. The Hall–Kier alpha value is -1.35. The normalized spacial score (nSPS) is 20.7. The Morgan fingerprint density at radius 1 is 1.29 bits per heavy atom. The molecule has 1 aliphatic heterocycles. The van der Waals surface area contributed by atoms with E-state index in [1.165, 1.54) is 36.8 Å². The van der Waals surface area contributed by atoms with Gasteiger partial charge < -0.3 is 10.6 Å². The van der Waals surface area contributed by atoms with Gasteiger partial charge in [0.1, 0.15) is 0 Å². The van der Waals surface area contributed by atoms with Gasteiger partial charge in [0, 0.05) is 18.2 Å². The van der Waals surface area contributed by atoms with Gasteiger partial charge in [-0.2, -0.15) is 0 Å². The molecule has 1 aromatic carbocycles. The molecule has 3 rings (SSSR count). The molecule has 1 amide bonds. The number of hydrogen-bond donors (Lipinski definition) is 2. The van der Waals surface area contributed by atoms with Crippen LogP contribution >= 0.6 is 0 Å². The van der Waals surface area contributed by atoms with Crippen molar-refractivity contribution in [2.45, 2.75) is 51.5 Å². The van der Waals surface area contributed by atoms with E-state index in [4.69, 9.17) is 0 Å². The van der Waals surface area contributed by atoms with Crippen LogP contribution in [0.1, 0.15) is 66.6 Å². The number of nitrogens with one attached hydrogen (secondary N) is 2. The molecule has 1 saturated carbocycles. The van der Waals surface area contributed by atoms with Gasteiger partial charge in [0.25, 0.3) is 5.91 Å². The largest absolute Gasteiger partial charge is 0.352 e. The molecule has 21 heavy (non-hydrogen) atoms. The van der Waals surface area contributed by atoms with Crippen molar-refractivity contribution in [2.75, 3.05) is 13.1 Å². The Morgan fingerprint density at radius 2 is 2.10 bits per heavy atom. The third-order valence-corrected chi connectivity index (χ3v) is 4.94. The van der Waals surface area contributed by atoms with E-state index in [0.717, 1.165) is 37.4 Å². The molecule has 1 unspecified atom stereocenters. The summed E-state index contributed by atoms with van der Waals surface area (Å²) in [6.45, 7) is 3.94. The van der Waals surface area contributed by atoms with E-state index < -0.39 is 0 Å². The predicted octanol–water partition coefficient (Wildman–Crippen LogP) is 3.20. The number of carbonyl (C=O) groups is 1. The van der Waals surface area contributed by atoms with Gasteiger partial charge in [-0.05, 0) is 55.3 Å². The van der Waals surface area contributed by atoms with Crippen molar-refractivity contribution in [2.24, 2.45) is 5.92 Å². The van der Waals surface area contributed by atoms with Crippen LogP contribution in [0, 0.1) is 5.92 Å². The highest BCUT2D eigenvalue weighted by Crippen LogP contribution is 2.36. The molecular weight excluding hydrogens is 260 g/mol. The Bertz CT molecular complexity index is 506. The number of benzene rings is 1. The van der Waals surface area contributed by atoms with Crippen LogP contribution in [-0.2, 0) is 6.42 Å². The van der Waals surface area contributed by atoms with E-state index in [2.05, 4.69) is 35.8 Å². The van der Waals surface area contributed by atoms with E-state index in [1.807, 2.05) is 0 Å². The van der Waals surface area contributed by atoms with E-state index >= 15 is 0 Å². The van der Waals surface area contributed by atoms with Crippen molar-refractivity contribution in [3.8, 4) is 0 Å². The zero-order valence-corrected chi connectivity index (χ0v) is 13.0. The molecule has 1 aromatic rings. The third-order valence-electron chi connectivity index (χ3n) is 4.94. The van der Waals surface area contributed by atoms with Crippen molar-refractivity contribution in [3.63, 3.8) is 0 Å². The highest BCUT2D eigenvalue weighted by molar-refractivity contribution is 5.96. The van der Waals surface area contributed by atoms with Crippen molar-refractivity contribution >= 4 is 5.91 Å². The first-order chi connectivity index (χ1) is 10.3. The second kappa shape index (κ2) is 6.61. The van der Waals surface area contributed by atoms with Crippen LogP contribution in [0.25, 0.3) is 0 Å². The first-order valence-corrected chi connectivity index (χ1v) is 8.44. The lowest BCUT2D eigenvalue weighted by molar-refractivity contribution is 0.0956. The van der Waals surface area contributed by atoms with Crippen molar-refractivity contribution in [1.29, 1.82) is 0 Å². The first kappa shape index (κ1) is 14.6. The molecule has 0 aromatic heterocycles. The first-order valence-electron chi connectivity index (χ1n) is 8.44. The minimum absolute atomic E-state index is 0.103. The predicted molar refractivity (Wildman–Crippen MR) is 85.5 cm³/mol. The summed E-state index contributed by atoms with van der Waals surface area (Å²) in [5.41, 5.74) is 3.39. The lowest BCUT2D eigenvalue weighted by Gasteiger charge is -2.25. The number of aryl methyl sites for hydroxylation is 1. The minimum atomic E-state index is 0.103. The summed E-state index contributed by atoms with van der Waals surface area (Å²) < 4.78 is 0. The smallest absolute Gasteiger partial charge is 0.251 e. The van der Waals surface area contributed by atoms with Crippen LogP contribution in [0.2, 0.25) is 0 Å². The lowest BCUT2D eigenvalue weighted by Crippen LogP contribution is -2.28. The summed E-state index contributed by atoms with van der Waals surface area (Å²) in [7, 11) is 0. The molecule has 1 atom stereocenters. The summed E-state index contributed by atoms with van der Waals surface area (Å²) in [4.78, 5) is 12.2. The van der Waals surface area contributed by atoms with Crippen LogP contribution in [0.3, 0.4) is 0 Å². The maximum atomic E-state index is 12.2. The summed E-state index contributed by atoms with van der Waals surface area (Å²) in [6, 6.07) is 6.96. The molecule has 1 fully saturated rings. The Kier molecular flexibility index (Phi) is 4.59. The molecule has 3 heteroatoms. The third kappa shape index (κ3) is 3.13. The number of rotatable bonds is 4. The van der Waals surface area contributed by atoms with Gasteiger partial charge in [0.15, 0.2) is 0 Å². The SMILES string of the molecule is CCNC(c1ccc2c(c1)C(=O)NCCC2)C1CCCC1. The summed E-state index contributed by atoms with van der Waals surface area (Å²) in [6.07, 6.45) is 7.35. The van der Waals surface area contributed by atoms with Gasteiger partial charge in [-0.15, -0.1) is 0 Å². The Morgan fingerprint density at radius 3 is 2.86 bits per heavy atom. The molecule has 3 nitrogen and oxygen atoms in total. The van der Waals surface area contributed by atoms with Gasteiger partial charge in [0.2, 0.25) is 0 Å². The standard InChI is InChI=1S/C18H26N2O/c1-2-19-17(14-6-3-4-7-14)15-10-9-13-8-5-11-20-18(21)16(13)12-15/h9-10,12,14,17,19H,2-8,11H2,1H3,(H,20,21). The maximum Gasteiger partial charge on any atom is 0.251 e. The monoisotopic (exact) mass is 286 g/mol. The Balaban J connectivity index is 1.91. The minimum Gasteiger partial charge on any atom is -0.352 e. The number of amides is 1. The van der Waals surface area contributed by atoms with Gasteiger partial charge in [-0.3, -0.25) is 4.79 Å². The molecular formula is C18H26N2O. The molecule has 1 aliphatic carbocycles. The van der Waals surface area contributed by atoms with Crippen molar-refractivity contribution in [1.82, 2.24) is 10.6 Å². The second-order valence-corrected chi connectivity index (χ2v) is 6.36. The molecule has 0 radical (unpaired) electrons. The van der Waals surface area contributed by atoms with Gasteiger partial charge in [-0.25, -0.2) is 0 Å². The molecule has 2 N–H and O–H groups in total. The quantitative estimate of drug-likeness (QED) is 0.892. The molecule has 0 spiro atoms. The van der Waals surface area contributed by atoms with Gasteiger partial charge in [-0.1, -0.05) is 31.9 Å². The average molecular weight is 286 g/mol. The van der Waals surface area contributed by atoms with E-state index in [9.17, 15) is 4.79 Å². The number of carbonyl (C=O) groups excluding carboxylic acids is 1. The van der Waals surface area contributed by atoms with Crippen molar-refractivity contribution < 1.29 is 4.79 Å². The number of hydrogen-bond acceptors (Lipinski definition) is 2. The van der Waals surface area contributed by atoms with E-state index in [-0.39, 0.29) is 5.91 Å². The molecule has 0 saturated heterocycles. The topological polar surface area (TPSA) is 41.1 Å². The molecule has 1 heterocycles. The lowest BCUT2D eigenvalue weighted by atomic mass is 9.89. The highest BCUT2D eigenvalue weighted by atomic mass is 16.1. The Labute approximate surface area is 127 Å². The van der Waals surface area contributed by atoms with Gasteiger partial charge in [0.05, 0.1) is 0 Å². The fourth-order valence-electron chi connectivity index (χ4n) is 3.86. The second-order valence-electron chi connectivity index (χ2n) is 6.36. The fraction of sp³-hybridized carbons (Fsp3) is 0.611. The molecule has 2 aliphatic rings. The summed E-state index contributed by atoms with van der Waals surface area (Å²) in [5.74, 6) is 0.822. The van der Waals surface area contributed by atoms with Gasteiger partial charge >= 0.3 is 0 Å². The fourth-order valence-corrected chi connectivity index (χ4v) is 3.86. The highest BCUT2D eigenvalue weighted by Gasteiger charge is 2.27. The summed E-state index contributed by atoms with van der Waals surface area (Å²) >= 11 is 0. The number of fused-ring (bicyclic) bond motifs is 1. The van der Waals surface area contributed by atoms with Crippen LogP contribution in [-0.4, -0.2) is 19.0 Å².